The van der Waals surface area contributed by atoms with Gasteiger partial charge in [-0.25, -0.2) is 0 Å². The topological polar surface area (TPSA) is 68.0 Å². The van der Waals surface area contributed by atoms with Crippen molar-refractivity contribution in [2.45, 2.75) is 19.9 Å². The van der Waals surface area contributed by atoms with E-state index in [0.717, 1.165) is 5.56 Å². The number of nitrogens with zero attached hydrogens (tertiary/aromatic N) is 1. The van der Waals surface area contributed by atoms with Gasteiger partial charge in [0.05, 0.1) is 17.9 Å². The van der Waals surface area contributed by atoms with Crippen LogP contribution in [0.2, 0.25) is 0 Å². The molecule has 13 heavy (non-hydrogen) atoms. The normalized spacial score (nSPS) is 12.2. The van der Waals surface area contributed by atoms with Crippen LogP contribution in [0, 0.1) is 6.92 Å². The standard InChI is InChI=1S/C9H13N3O/c1-6-3-8(5-11-4-6)12-9(13)7(2)10/h3-5,7H,10H2,1-2H3,(H,12,13)/t7-/m0/s1. The van der Waals surface area contributed by atoms with Crippen LogP contribution in [0.5, 0.6) is 0 Å². The van der Waals surface area contributed by atoms with Gasteiger partial charge in [0.1, 0.15) is 0 Å². The fraction of sp³-hybridized carbons (Fsp3) is 0.333. The van der Waals surface area contributed by atoms with Crippen molar-refractivity contribution in [2.75, 3.05) is 5.32 Å². The zero-order chi connectivity index (χ0) is 9.84. The first-order valence-corrected chi connectivity index (χ1v) is 4.07. The lowest BCUT2D eigenvalue weighted by Crippen LogP contribution is -2.32. The first-order chi connectivity index (χ1) is 6.09. The smallest absolute Gasteiger partial charge is 0.241 e. The van der Waals surface area contributed by atoms with Crippen molar-refractivity contribution in [1.82, 2.24) is 4.98 Å². The average Bonchev–Trinajstić information content (AvgIpc) is 2.04. The molecule has 1 atom stereocenters. The van der Waals surface area contributed by atoms with Crippen LogP contribution < -0.4 is 11.1 Å². The number of hydrogen-bond acceptors (Lipinski definition) is 3. The molecule has 0 aliphatic heterocycles. The third-order valence-corrected chi connectivity index (χ3v) is 1.56. The van der Waals surface area contributed by atoms with E-state index >= 15 is 0 Å². The average molecular weight is 179 g/mol. The number of rotatable bonds is 2. The van der Waals surface area contributed by atoms with Crippen LogP contribution in [0.4, 0.5) is 5.69 Å². The van der Waals surface area contributed by atoms with Crippen molar-refractivity contribution < 1.29 is 4.79 Å². The maximum absolute atomic E-state index is 11.2. The Labute approximate surface area is 77.2 Å². The summed E-state index contributed by atoms with van der Waals surface area (Å²) in [5.74, 6) is -0.201. The number of anilines is 1. The molecule has 0 aromatic carbocycles. The van der Waals surface area contributed by atoms with Gasteiger partial charge < -0.3 is 11.1 Å². The lowest BCUT2D eigenvalue weighted by molar-refractivity contribution is -0.117. The number of carbonyl (C=O) groups excluding carboxylic acids is 1. The van der Waals surface area contributed by atoms with E-state index in [1.54, 1.807) is 19.3 Å². The number of nitrogens with one attached hydrogen (secondary N) is 1. The van der Waals surface area contributed by atoms with Gasteiger partial charge in [0.25, 0.3) is 0 Å². The third kappa shape index (κ3) is 2.83. The second kappa shape index (κ2) is 4.00. The third-order valence-electron chi connectivity index (χ3n) is 1.56. The number of nitrogens with two attached hydrogens (primary N) is 1. The van der Waals surface area contributed by atoms with Crippen molar-refractivity contribution in [2.24, 2.45) is 5.73 Å². The lowest BCUT2D eigenvalue weighted by Gasteiger charge is -2.07. The number of amides is 1. The van der Waals surface area contributed by atoms with Crippen LogP contribution in [0.1, 0.15) is 12.5 Å². The molecule has 0 aliphatic rings. The molecule has 1 aromatic rings. The van der Waals surface area contributed by atoms with Gasteiger partial charge in [-0.05, 0) is 25.5 Å². The number of aryl methyl sites for hydroxylation is 1. The molecule has 4 nitrogen and oxygen atoms in total. The van der Waals surface area contributed by atoms with E-state index in [-0.39, 0.29) is 5.91 Å². The van der Waals surface area contributed by atoms with Gasteiger partial charge in [-0.2, -0.15) is 0 Å². The van der Waals surface area contributed by atoms with Crippen molar-refractivity contribution in [3.05, 3.63) is 24.0 Å². The highest BCUT2D eigenvalue weighted by Crippen LogP contribution is 2.06. The Morgan fingerprint density at radius 3 is 2.85 bits per heavy atom. The van der Waals surface area contributed by atoms with Crippen LogP contribution in [0.3, 0.4) is 0 Å². The van der Waals surface area contributed by atoms with E-state index in [9.17, 15) is 4.79 Å². The Kier molecular flexibility index (Phi) is 2.97. The van der Waals surface area contributed by atoms with Crippen molar-refractivity contribution in [3.8, 4) is 0 Å². The highest BCUT2D eigenvalue weighted by atomic mass is 16.2. The quantitative estimate of drug-likeness (QED) is 0.701. The monoisotopic (exact) mass is 179 g/mol. The summed E-state index contributed by atoms with van der Waals surface area (Å²) in [7, 11) is 0. The summed E-state index contributed by atoms with van der Waals surface area (Å²) in [5.41, 5.74) is 7.07. The van der Waals surface area contributed by atoms with Crippen LogP contribution in [-0.2, 0) is 4.79 Å². The van der Waals surface area contributed by atoms with E-state index in [0.29, 0.717) is 5.69 Å². The number of pyridine rings is 1. The predicted molar refractivity (Wildman–Crippen MR) is 51.3 cm³/mol. The largest absolute Gasteiger partial charge is 0.323 e. The van der Waals surface area contributed by atoms with Gasteiger partial charge in [0.2, 0.25) is 5.91 Å². The van der Waals surface area contributed by atoms with E-state index < -0.39 is 6.04 Å². The first kappa shape index (κ1) is 9.67. The first-order valence-electron chi connectivity index (χ1n) is 4.07. The van der Waals surface area contributed by atoms with Crippen molar-refractivity contribution >= 4 is 11.6 Å². The van der Waals surface area contributed by atoms with Crippen LogP contribution >= 0.6 is 0 Å². The van der Waals surface area contributed by atoms with Gasteiger partial charge in [-0.15, -0.1) is 0 Å². The molecule has 1 amide bonds. The predicted octanol–water partition coefficient (Wildman–Crippen LogP) is 0.676. The zero-order valence-corrected chi connectivity index (χ0v) is 7.74. The van der Waals surface area contributed by atoms with Gasteiger partial charge in [-0.3, -0.25) is 9.78 Å². The summed E-state index contributed by atoms with van der Waals surface area (Å²) >= 11 is 0. The van der Waals surface area contributed by atoms with E-state index in [1.807, 2.05) is 13.0 Å². The molecule has 0 bridgehead atoms. The summed E-state index contributed by atoms with van der Waals surface area (Å²) < 4.78 is 0. The molecule has 0 saturated carbocycles. The zero-order valence-electron chi connectivity index (χ0n) is 7.74. The molecule has 0 saturated heterocycles. The second-order valence-electron chi connectivity index (χ2n) is 3.03. The molecule has 1 heterocycles. The highest BCUT2D eigenvalue weighted by Gasteiger charge is 2.06. The molecule has 1 aromatic heterocycles. The summed E-state index contributed by atoms with van der Waals surface area (Å²) in [6.45, 7) is 3.55. The van der Waals surface area contributed by atoms with Crippen LogP contribution in [-0.4, -0.2) is 16.9 Å². The fourth-order valence-corrected chi connectivity index (χ4v) is 0.879. The summed E-state index contributed by atoms with van der Waals surface area (Å²) in [5, 5.41) is 2.66. The molecule has 4 heteroatoms. The molecular weight excluding hydrogens is 166 g/mol. The summed E-state index contributed by atoms with van der Waals surface area (Å²) in [4.78, 5) is 15.1. The fourth-order valence-electron chi connectivity index (χ4n) is 0.879. The van der Waals surface area contributed by atoms with E-state index in [2.05, 4.69) is 10.3 Å². The van der Waals surface area contributed by atoms with Crippen molar-refractivity contribution in [3.63, 3.8) is 0 Å². The Bertz CT molecular complexity index is 309. The summed E-state index contributed by atoms with van der Waals surface area (Å²) in [6, 6.07) is 1.34. The maximum atomic E-state index is 11.2. The molecular formula is C9H13N3O. The number of hydrogen-bond donors (Lipinski definition) is 2. The SMILES string of the molecule is Cc1cncc(NC(=O)[C@H](C)N)c1. The molecule has 3 N–H and O–H groups in total. The molecule has 0 radical (unpaired) electrons. The Hall–Kier alpha value is -1.42. The van der Waals surface area contributed by atoms with Gasteiger partial charge in [-0.1, -0.05) is 0 Å². The molecule has 1 rings (SSSR count). The minimum Gasteiger partial charge on any atom is -0.323 e. The van der Waals surface area contributed by atoms with Gasteiger partial charge in [0.15, 0.2) is 0 Å². The molecule has 0 aliphatic carbocycles. The Morgan fingerprint density at radius 2 is 2.31 bits per heavy atom. The molecule has 70 valence electrons. The second-order valence-corrected chi connectivity index (χ2v) is 3.03. The van der Waals surface area contributed by atoms with Crippen molar-refractivity contribution in [1.29, 1.82) is 0 Å². The van der Waals surface area contributed by atoms with E-state index in [4.69, 9.17) is 5.73 Å². The minimum absolute atomic E-state index is 0.201. The number of carbonyl (C=O) groups is 1. The van der Waals surface area contributed by atoms with Gasteiger partial charge >= 0.3 is 0 Å². The van der Waals surface area contributed by atoms with Crippen LogP contribution in [0.25, 0.3) is 0 Å². The highest BCUT2D eigenvalue weighted by molar-refractivity contribution is 5.94. The molecule has 0 fully saturated rings. The summed E-state index contributed by atoms with van der Waals surface area (Å²) in [6.07, 6.45) is 3.31. The van der Waals surface area contributed by atoms with Gasteiger partial charge in [0, 0.05) is 6.20 Å². The minimum atomic E-state index is -0.500. The molecule has 0 spiro atoms. The van der Waals surface area contributed by atoms with Crippen LogP contribution in [0.15, 0.2) is 18.5 Å². The lowest BCUT2D eigenvalue weighted by atomic mass is 10.3. The number of aromatic nitrogens is 1. The maximum Gasteiger partial charge on any atom is 0.241 e. The molecule has 0 unspecified atom stereocenters. The Morgan fingerprint density at radius 1 is 1.62 bits per heavy atom. The van der Waals surface area contributed by atoms with E-state index in [1.165, 1.54) is 0 Å². The Balaban J connectivity index is 2.69.